The molecule has 0 aliphatic heterocycles. The first kappa shape index (κ1) is 10.0. The van der Waals surface area contributed by atoms with Gasteiger partial charge in [-0.25, -0.2) is 0 Å². The van der Waals surface area contributed by atoms with E-state index in [9.17, 15) is 9.59 Å². The summed E-state index contributed by atoms with van der Waals surface area (Å²) in [6.07, 6.45) is 0. The van der Waals surface area contributed by atoms with Crippen molar-refractivity contribution in [3.63, 3.8) is 0 Å². The van der Waals surface area contributed by atoms with Crippen molar-refractivity contribution in [3.8, 4) is 0 Å². The first-order chi connectivity index (χ1) is 6.61. The third kappa shape index (κ3) is 2.46. The van der Waals surface area contributed by atoms with Gasteiger partial charge in [0, 0.05) is 0 Å². The highest BCUT2D eigenvalue weighted by molar-refractivity contribution is 6.34. The summed E-state index contributed by atoms with van der Waals surface area (Å²) in [5, 5.41) is 9.05. The molecular weight excluding hydrogens is 186 g/mol. The molecule has 0 fully saturated rings. The van der Waals surface area contributed by atoms with Gasteiger partial charge in [0.15, 0.2) is 0 Å². The molecule has 0 aromatic heterocycles. The van der Waals surface area contributed by atoms with Gasteiger partial charge in [-0.15, -0.1) is 5.17 Å². The van der Waals surface area contributed by atoms with E-state index in [1.165, 1.54) is 0 Å². The maximum absolute atomic E-state index is 10.8. The Morgan fingerprint density at radius 1 is 1.29 bits per heavy atom. The predicted octanol–water partition coefficient (Wildman–Crippen LogP) is -0.283. The number of rotatable bonds is 2. The molecule has 6 nitrogen and oxygen atoms in total. The van der Waals surface area contributed by atoms with Crippen LogP contribution >= 0.6 is 0 Å². The number of hydrazine groups is 1. The minimum atomic E-state index is -1.24. The smallest absolute Gasteiger partial charge is 0.354 e. The van der Waals surface area contributed by atoms with E-state index < -0.39 is 11.8 Å². The second kappa shape index (κ2) is 4.24. The molecule has 0 radical (unpaired) electrons. The zero-order valence-electron chi connectivity index (χ0n) is 7.18. The van der Waals surface area contributed by atoms with Crippen LogP contribution in [0.25, 0.3) is 0 Å². The van der Waals surface area contributed by atoms with E-state index >= 15 is 0 Å². The Balaban J connectivity index is 2.62. The van der Waals surface area contributed by atoms with Crippen molar-refractivity contribution in [1.29, 1.82) is 0 Å². The molecule has 0 bridgehead atoms. The van der Waals surface area contributed by atoms with Gasteiger partial charge in [0.05, 0.1) is 5.69 Å². The fourth-order valence-corrected chi connectivity index (χ4v) is 0.790. The van der Waals surface area contributed by atoms with Gasteiger partial charge in [0.2, 0.25) is 0 Å². The van der Waals surface area contributed by atoms with Crippen LogP contribution in [-0.4, -0.2) is 22.2 Å². The van der Waals surface area contributed by atoms with Crippen LogP contribution in [0.1, 0.15) is 0 Å². The first-order valence-electron chi connectivity index (χ1n) is 3.75. The molecule has 0 spiro atoms. The highest BCUT2D eigenvalue weighted by Crippen LogP contribution is 2.05. The lowest BCUT2D eigenvalue weighted by Gasteiger charge is -2.14. The lowest BCUT2D eigenvalue weighted by molar-refractivity contribution is -0.165. The lowest BCUT2D eigenvalue weighted by Crippen LogP contribution is -2.41. The highest BCUT2D eigenvalue weighted by Gasteiger charge is 2.16. The van der Waals surface area contributed by atoms with Gasteiger partial charge in [0.1, 0.15) is 0 Å². The zero-order valence-corrected chi connectivity index (χ0v) is 7.18. The van der Waals surface area contributed by atoms with Crippen molar-refractivity contribution in [2.24, 2.45) is 5.73 Å². The summed E-state index contributed by atoms with van der Waals surface area (Å²) in [7, 11) is 0. The molecule has 2 amide bonds. The predicted molar refractivity (Wildman–Crippen MR) is 47.9 cm³/mol. The molecule has 1 rings (SSSR count). The maximum atomic E-state index is 10.8. The molecule has 1 aromatic carbocycles. The van der Waals surface area contributed by atoms with Crippen LogP contribution in [0.4, 0.5) is 5.69 Å². The molecule has 0 aliphatic carbocycles. The number of hydroxylamine groups is 1. The second-order valence-corrected chi connectivity index (χ2v) is 2.46. The largest absolute Gasteiger partial charge is 0.361 e. The van der Waals surface area contributed by atoms with Gasteiger partial charge >= 0.3 is 11.8 Å². The molecular formula is C8H9N3O3. The van der Waals surface area contributed by atoms with Crippen molar-refractivity contribution < 1.29 is 14.8 Å². The zero-order chi connectivity index (χ0) is 10.6. The van der Waals surface area contributed by atoms with Gasteiger partial charge in [-0.1, -0.05) is 18.2 Å². The number of hydrogen-bond acceptors (Lipinski definition) is 4. The number of nitrogens with two attached hydrogens (primary N) is 1. The number of hydrogen-bond donors (Lipinski definition) is 3. The summed E-state index contributed by atoms with van der Waals surface area (Å²) in [4.78, 5) is 21.1. The Morgan fingerprint density at radius 2 is 1.86 bits per heavy atom. The fourth-order valence-electron chi connectivity index (χ4n) is 0.790. The number of benzene rings is 1. The molecule has 6 heteroatoms. The van der Waals surface area contributed by atoms with Crippen molar-refractivity contribution in [1.82, 2.24) is 5.17 Å². The molecule has 4 N–H and O–H groups in total. The molecule has 0 heterocycles. The fraction of sp³-hybridized carbons (Fsp3) is 0. The van der Waals surface area contributed by atoms with Gasteiger partial charge in [-0.2, -0.15) is 0 Å². The van der Waals surface area contributed by atoms with Crippen LogP contribution in [0.2, 0.25) is 0 Å². The first-order valence-corrected chi connectivity index (χ1v) is 3.75. The lowest BCUT2D eigenvalue weighted by atomic mass is 10.3. The molecule has 0 unspecified atom stereocenters. The normalized spacial score (nSPS) is 9.21. The van der Waals surface area contributed by atoms with Crippen LogP contribution in [0.3, 0.4) is 0 Å². The summed E-state index contributed by atoms with van der Waals surface area (Å²) in [6, 6.07) is 8.38. The van der Waals surface area contributed by atoms with E-state index in [-0.39, 0.29) is 5.17 Å². The standard InChI is InChI=1S/C8H9N3O3/c9-7(12)8(13)11(14)10-6-4-2-1-3-5-6/h1-5,10,14H,(H2,9,12). The molecule has 0 saturated heterocycles. The van der Waals surface area contributed by atoms with Crippen LogP contribution in [0.5, 0.6) is 0 Å². The number of para-hydroxylation sites is 1. The molecule has 0 aliphatic rings. The van der Waals surface area contributed by atoms with Gasteiger partial charge in [-0.3, -0.25) is 20.2 Å². The minimum absolute atomic E-state index is 0.0394. The molecule has 74 valence electrons. The summed E-state index contributed by atoms with van der Waals surface area (Å²) in [5.74, 6) is -2.47. The topological polar surface area (TPSA) is 95.7 Å². The van der Waals surface area contributed by atoms with Crippen LogP contribution < -0.4 is 11.2 Å². The number of anilines is 1. The quantitative estimate of drug-likeness (QED) is 0.343. The molecule has 0 saturated carbocycles. The number of nitrogens with one attached hydrogen (secondary N) is 1. The van der Waals surface area contributed by atoms with Crippen molar-refractivity contribution in [2.45, 2.75) is 0 Å². The van der Waals surface area contributed by atoms with E-state index in [1.54, 1.807) is 30.3 Å². The van der Waals surface area contributed by atoms with Crippen LogP contribution in [0, 0.1) is 0 Å². The second-order valence-electron chi connectivity index (χ2n) is 2.46. The number of primary amides is 1. The van der Waals surface area contributed by atoms with E-state index in [0.717, 1.165) is 0 Å². The Bertz CT molecular complexity index is 339. The molecule has 1 aromatic rings. The van der Waals surface area contributed by atoms with Crippen molar-refractivity contribution in [2.75, 3.05) is 5.43 Å². The number of carbonyl (C=O) groups excluding carboxylic acids is 2. The van der Waals surface area contributed by atoms with Crippen LogP contribution in [0.15, 0.2) is 30.3 Å². The van der Waals surface area contributed by atoms with E-state index in [1.807, 2.05) is 0 Å². The van der Waals surface area contributed by atoms with E-state index in [2.05, 4.69) is 11.2 Å². The summed E-state index contributed by atoms with van der Waals surface area (Å²) in [6.45, 7) is 0. The Hall–Kier alpha value is -2.08. The van der Waals surface area contributed by atoms with Crippen LogP contribution in [-0.2, 0) is 9.59 Å². The number of nitrogens with zero attached hydrogens (tertiary/aromatic N) is 1. The van der Waals surface area contributed by atoms with E-state index in [4.69, 9.17) is 5.21 Å². The third-order valence-corrected chi connectivity index (χ3v) is 1.41. The molecule has 0 atom stereocenters. The Labute approximate surface area is 79.9 Å². The Kier molecular flexibility index (Phi) is 3.03. The summed E-state index contributed by atoms with van der Waals surface area (Å²) >= 11 is 0. The third-order valence-electron chi connectivity index (χ3n) is 1.41. The van der Waals surface area contributed by atoms with Gasteiger partial charge < -0.3 is 5.73 Å². The van der Waals surface area contributed by atoms with Gasteiger partial charge in [-0.05, 0) is 12.1 Å². The average Bonchev–Trinajstić information content (AvgIpc) is 2.18. The average molecular weight is 195 g/mol. The van der Waals surface area contributed by atoms with E-state index in [0.29, 0.717) is 5.69 Å². The number of carbonyl (C=O) groups is 2. The highest BCUT2D eigenvalue weighted by atomic mass is 16.6. The maximum Gasteiger partial charge on any atom is 0.354 e. The van der Waals surface area contributed by atoms with Crippen molar-refractivity contribution >= 4 is 17.5 Å². The SMILES string of the molecule is NC(=O)C(=O)N(O)Nc1ccccc1. The number of amides is 2. The monoisotopic (exact) mass is 195 g/mol. The Morgan fingerprint density at radius 3 is 2.36 bits per heavy atom. The molecule has 14 heavy (non-hydrogen) atoms. The van der Waals surface area contributed by atoms with Crippen molar-refractivity contribution in [3.05, 3.63) is 30.3 Å². The minimum Gasteiger partial charge on any atom is -0.361 e. The van der Waals surface area contributed by atoms with Gasteiger partial charge in [0.25, 0.3) is 0 Å². The summed E-state index contributed by atoms with van der Waals surface area (Å²) in [5.41, 5.74) is 7.38. The summed E-state index contributed by atoms with van der Waals surface area (Å²) < 4.78 is 0.